The van der Waals surface area contributed by atoms with Gasteiger partial charge < -0.3 is 13.5 Å². The summed E-state index contributed by atoms with van der Waals surface area (Å²) in [6.45, 7) is 1.72. The van der Waals surface area contributed by atoms with Gasteiger partial charge in [0, 0.05) is 18.9 Å². The van der Waals surface area contributed by atoms with Crippen molar-refractivity contribution >= 4 is 0 Å². The summed E-state index contributed by atoms with van der Waals surface area (Å²) in [5.74, 6) is 1.78. The number of nitrogens with zero attached hydrogens (tertiary/aromatic N) is 4. The van der Waals surface area contributed by atoms with Gasteiger partial charge in [-0.25, -0.2) is 0 Å². The molecule has 0 aromatic carbocycles. The highest BCUT2D eigenvalue weighted by Gasteiger charge is 2.29. The molecule has 0 saturated carbocycles. The quantitative estimate of drug-likeness (QED) is 0.741. The molecule has 0 radical (unpaired) electrons. The molecule has 4 heterocycles. The van der Waals surface area contributed by atoms with Crippen LogP contribution in [-0.2, 0) is 13.6 Å². The molecule has 1 aliphatic heterocycles. The molecule has 3 aromatic rings. The highest BCUT2D eigenvalue weighted by atomic mass is 16.5. The van der Waals surface area contributed by atoms with Gasteiger partial charge in [-0.15, -0.1) is 0 Å². The number of likely N-dealkylation sites (tertiary alicyclic amines) is 1. The summed E-state index contributed by atoms with van der Waals surface area (Å²) in [5.41, 5.74) is 1.34. The summed E-state index contributed by atoms with van der Waals surface area (Å²) in [7, 11) is 2.09. The van der Waals surface area contributed by atoms with E-state index in [9.17, 15) is 0 Å². The van der Waals surface area contributed by atoms with Crippen LogP contribution in [0.15, 0.2) is 45.7 Å². The topological polar surface area (TPSA) is 60.2 Å². The minimum Gasteiger partial charge on any atom is -0.461 e. The van der Waals surface area contributed by atoms with Gasteiger partial charge in [0.15, 0.2) is 5.76 Å². The smallest absolute Gasteiger partial charge is 0.241 e. The fourth-order valence-corrected chi connectivity index (χ4v) is 3.17. The lowest BCUT2D eigenvalue weighted by molar-refractivity contribution is 0.207. The van der Waals surface area contributed by atoms with E-state index >= 15 is 0 Å². The normalized spacial score (nSPS) is 19.0. The number of aromatic nitrogens is 3. The average molecular weight is 298 g/mol. The summed E-state index contributed by atoms with van der Waals surface area (Å²) in [6, 6.07) is 8.34. The van der Waals surface area contributed by atoms with Gasteiger partial charge >= 0.3 is 0 Å². The van der Waals surface area contributed by atoms with Crippen LogP contribution in [0.2, 0.25) is 0 Å². The van der Waals surface area contributed by atoms with Gasteiger partial charge in [0.2, 0.25) is 11.7 Å². The number of hydrogen-bond donors (Lipinski definition) is 0. The maximum absolute atomic E-state index is 5.38. The van der Waals surface area contributed by atoms with Crippen LogP contribution in [0.3, 0.4) is 0 Å². The van der Waals surface area contributed by atoms with Crippen molar-refractivity contribution in [1.29, 1.82) is 0 Å². The summed E-state index contributed by atoms with van der Waals surface area (Å²) in [5, 5.41) is 3.99. The Kier molecular flexibility index (Phi) is 3.31. The van der Waals surface area contributed by atoms with Crippen LogP contribution in [0.5, 0.6) is 0 Å². The van der Waals surface area contributed by atoms with Crippen LogP contribution in [0, 0.1) is 0 Å². The zero-order valence-corrected chi connectivity index (χ0v) is 12.5. The number of hydrogen-bond acceptors (Lipinski definition) is 5. The molecule has 0 bridgehead atoms. The van der Waals surface area contributed by atoms with Crippen molar-refractivity contribution in [1.82, 2.24) is 19.6 Å². The molecule has 114 valence electrons. The molecule has 1 aliphatic rings. The molecule has 6 heteroatoms. The predicted molar refractivity (Wildman–Crippen MR) is 79.8 cm³/mol. The van der Waals surface area contributed by atoms with Gasteiger partial charge in [-0.3, -0.25) is 4.90 Å². The summed E-state index contributed by atoms with van der Waals surface area (Å²) < 4.78 is 12.9. The van der Waals surface area contributed by atoms with Crippen molar-refractivity contribution in [2.75, 3.05) is 6.54 Å². The molecule has 0 spiro atoms. The minimum atomic E-state index is 0.416. The van der Waals surface area contributed by atoms with E-state index in [1.165, 1.54) is 12.1 Å². The fourth-order valence-electron chi connectivity index (χ4n) is 3.17. The highest BCUT2D eigenvalue weighted by Crippen LogP contribution is 2.33. The first kappa shape index (κ1) is 13.3. The Hall–Kier alpha value is -2.34. The van der Waals surface area contributed by atoms with Crippen molar-refractivity contribution < 1.29 is 8.94 Å². The van der Waals surface area contributed by atoms with Crippen LogP contribution in [0.4, 0.5) is 0 Å². The molecule has 0 N–H and O–H groups in total. The third-order valence-corrected chi connectivity index (χ3v) is 4.24. The fraction of sp³-hybridized carbons (Fsp3) is 0.375. The van der Waals surface area contributed by atoms with E-state index in [4.69, 9.17) is 8.94 Å². The number of furan rings is 1. The zero-order valence-electron chi connectivity index (χ0n) is 12.5. The third-order valence-electron chi connectivity index (χ3n) is 4.24. The van der Waals surface area contributed by atoms with Crippen LogP contribution in [0.1, 0.15) is 30.5 Å². The second kappa shape index (κ2) is 5.46. The van der Waals surface area contributed by atoms with Gasteiger partial charge in [0.05, 0.1) is 18.8 Å². The van der Waals surface area contributed by atoms with Crippen molar-refractivity contribution in [2.45, 2.75) is 25.4 Å². The Bertz CT molecular complexity index is 744. The summed E-state index contributed by atoms with van der Waals surface area (Å²) >= 11 is 0. The molecule has 0 aliphatic carbocycles. The molecule has 4 rings (SSSR count). The molecular formula is C16H18N4O2. The van der Waals surface area contributed by atoms with Crippen LogP contribution < -0.4 is 0 Å². The monoisotopic (exact) mass is 298 g/mol. The van der Waals surface area contributed by atoms with Crippen LogP contribution in [0.25, 0.3) is 11.6 Å². The first-order chi connectivity index (χ1) is 10.8. The standard InChI is InChI=1S/C16H18N4O2/c1-19-8-2-5-12(19)13-6-3-9-20(13)11-15-17-16(18-22-15)14-7-4-10-21-14/h2,4-5,7-8,10,13H,3,6,9,11H2,1H3. The van der Waals surface area contributed by atoms with E-state index in [0.717, 1.165) is 13.0 Å². The number of aryl methyl sites for hydroxylation is 1. The second-order valence-corrected chi connectivity index (χ2v) is 5.66. The molecule has 0 amide bonds. The van der Waals surface area contributed by atoms with E-state index in [1.54, 1.807) is 6.26 Å². The molecule has 1 fully saturated rings. The Morgan fingerprint density at radius 3 is 3.05 bits per heavy atom. The van der Waals surface area contributed by atoms with Gasteiger partial charge in [0.25, 0.3) is 0 Å². The van der Waals surface area contributed by atoms with E-state index in [-0.39, 0.29) is 0 Å². The average Bonchev–Trinajstić information content (AvgIpc) is 3.25. The lowest BCUT2D eigenvalue weighted by atomic mass is 10.1. The summed E-state index contributed by atoms with van der Waals surface area (Å²) in [4.78, 5) is 6.83. The Labute approximate surface area is 128 Å². The molecule has 1 atom stereocenters. The molecule has 22 heavy (non-hydrogen) atoms. The Morgan fingerprint density at radius 2 is 2.27 bits per heavy atom. The van der Waals surface area contributed by atoms with Crippen LogP contribution in [-0.4, -0.2) is 26.2 Å². The van der Waals surface area contributed by atoms with Crippen molar-refractivity contribution in [2.24, 2.45) is 7.05 Å². The SMILES string of the molecule is Cn1cccc1C1CCCN1Cc1nc(-c2ccco2)no1. The number of rotatable bonds is 4. The molecular weight excluding hydrogens is 280 g/mol. The van der Waals surface area contributed by atoms with Gasteiger partial charge in [0.1, 0.15) is 0 Å². The van der Waals surface area contributed by atoms with Crippen molar-refractivity contribution in [3.05, 3.63) is 48.3 Å². The highest BCUT2D eigenvalue weighted by molar-refractivity contribution is 5.44. The molecule has 3 aromatic heterocycles. The predicted octanol–water partition coefficient (Wildman–Crippen LogP) is 3.01. The molecule has 6 nitrogen and oxygen atoms in total. The summed E-state index contributed by atoms with van der Waals surface area (Å²) in [6.07, 6.45) is 6.05. The van der Waals surface area contributed by atoms with E-state index in [0.29, 0.717) is 30.1 Å². The Balaban J connectivity index is 1.52. The molecule has 1 saturated heterocycles. The van der Waals surface area contributed by atoms with Crippen molar-refractivity contribution in [3.8, 4) is 11.6 Å². The van der Waals surface area contributed by atoms with Crippen molar-refractivity contribution in [3.63, 3.8) is 0 Å². The molecule has 1 unspecified atom stereocenters. The zero-order chi connectivity index (χ0) is 14.9. The van der Waals surface area contributed by atoms with Gasteiger partial charge in [-0.1, -0.05) is 5.16 Å². The Morgan fingerprint density at radius 1 is 1.32 bits per heavy atom. The first-order valence-electron chi connectivity index (χ1n) is 7.53. The van der Waals surface area contributed by atoms with Gasteiger partial charge in [-0.05, 0) is 43.7 Å². The van der Waals surface area contributed by atoms with E-state index < -0.39 is 0 Å². The van der Waals surface area contributed by atoms with E-state index in [1.807, 2.05) is 12.1 Å². The maximum atomic E-state index is 5.38. The lowest BCUT2D eigenvalue weighted by Gasteiger charge is -2.23. The minimum absolute atomic E-state index is 0.416. The lowest BCUT2D eigenvalue weighted by Crippen LogP contribution is -2.24. The first-order valence-corrected chi connectivity index (χ1v) is 7.53. The third kappa shape index (κ3) is 2.35. The van der Waals surface area contributed by atoms with E-state index in [2.05, 4.69) is 45.0 Å². The maximum Gasteiger partial charge on any atom is 0.241 e. The van der Waals surface area contributed by atoms with Crippen LogP contribution >= 0.6 is 0 Å². The largest absolute Gasteiger partial charge is 0.461 e. The van der Waals surface area contributed by atoms with Gasteiger partial charge in [-0.2, -0.15) is 4.98 Å². The second-order valence-electron chi connectivity index (χ2n) is 5.66.